The summed E-state index contributed by atoms with van der Waals surface area (Å²) in [4.78, 5) is 14.7. The van der Waals surface area contributed by atoms with Gasteiger partial charge in [-0.25, -0.2) is 4.68 Å². The van der Waals surface area contributed by atoms with E-state index in [1.165, 1.54) is 5.56 Å². The molecule has 1 aromatic carbocycles. The standard InChI is InChI=1S/C18H21N5O2/c24-17(16-10-23(21-20-16)15-6-7-15)19-14-8-22(9-14)18(11-25-12-18)13-4-2-1-3-5-13/h1-5,10,14-15H,6-9,11-12H2,(H,19,24). The Morgan fingerprint density at radius 1 is 1.20 bits per heavy atom. The lowest BCUT2D eigenvalue weighted by Crippen LogP contribution is -2.71. The normalized spacial score (nSPS) is 22.9. The van der Waals surface area contributed by atoms with Crippen molar-refractivity contribution in [2.24, 2.45) is 0 Å². The van der Waals surface area contributed by atoms with Crippen LogP contribution in [0.4, 0.5) is 0 Å². The molecule has 3 fully saturated rings. The highest BCUT2D eigenvalue weighted by Gasteiger charge is 2.50. The maximum Gasteiger partial charge on any atom is 0.273 e. The molecule has 2 saturated heterocycles. The van der Waals surface area contributed by atoms with Crippen LogP contribution in [-0.4, -0.2) is 58.1 Å². The van der Waals surface area contributed by atoms with Gasteiger partial charge < -0.3 is 10.1 Å². The molecule has 2 aromatic rings. The number of rotatable bonds is 5. The van der Waals surface area contributed by atoms with E-state index in [2.05, 4.69) is 44.8 Å². The van der Waals surface area contributed by atoms with Gasteiger partial charge in [-0.3, -0.25) is 9.69 Å². The number of carbonyl (C=O) groups excluding carboxylic acids is 1. The molecule has 1 amide bonds. The molecule has 0 unspecified atom stereocenters. The molecule has 130 valence electrons. The fourth-order valence-corrected chi connectivity index (χ4v) is 3.65. The molecule has 0 bridgehead atoms. The Kier molecular flexibility index (Phi) is 3.39. The number of aromatic nitrogens is 3. The highest BCUT2D eigenvalue weighted by atomic mass is 16.5. The third kappa shape index (κ3) is 2.54. The Morgan fingerprint density at radius 2 is 1.96 bits per heavy atom. The molecule has 7 heteroatoms. The topological polar surface area (TPSA) is 72.3 Å². The average molecular weight is 339 g/mol. The van der Waals surface area contributed by atoms with Crippen molar-refractivity contribution in [1.29, 1.82) is 0 Å². The second-order valence-corrected chi connectivity index (χ2v) is 7.28. The van der Waals surface area contributed by atoms with E-state index in [0.717, 1.165) is 25.9 Å². The number of carbonyl (C=O) groups is 1. The minimum absolute atomic E-state index is 0.0302. The lowest BCUT2D eigenvalue weighted by molar-refractivity contribution is -0.171. The predicted molar refractivity (Wildman–Crippen MR) is 90.1 cm³/mol. The van der Waals surface area contributed by atoms with Crippen molar-refractivity contribution < 1.29 is 9.53 Å². The van der Waals surface area contributed by atoms with E-state index in [1.54, 1.807) is 10.9 Å². The summed E-state index contributed by atoms with van der Waals surface area (Å²) in [7, 11) is 0. The Bertz CT molecular complexity index is 776. The highest BCUT2D eigenvalue weighted by Crippen LogP contribution is 2.39. The lowest BCUT2D eigenvalue weighted by Gasteiger charge is -2.56. The van der Waals surface area contributed by atoms with Crippen LogP contribution in [-0.2, 0) is 10.3 Å². The molecular weight excluding hydrogens is 318 g/mol. The van der Waals surface area contributed by atoms with Gasteiger partial charge in [-0.05, 0) is 18.4 Å². The van der Waals surface area contributed by atoms with Crippen molar-refractivity contribution >= 4 is 5.91 Å². The van der Waals surface area contributed by atoms with Crippen molar-refractivity contribution in [3.05, 3.63) is 47.8 Å². The first kappa shape index (κ1) is 15.0. The molecule has 0 radical (unpaired) electrons. The van der Waals surface area contributed by atoms with Crippen LogP contribution in [0.5, 0.6) is 0 Å². The van der Waals surface area contributed by atoms with Gasteiger partial charge >= 0.3 is 0 Å². The molecule has 1 aromatic heterocycles. The Labute approximate surface area is 146 Å². The summed E-state index contributed by atoms with van der Waals surface area (Å²) in [5, 5.41) is 11.1. The molecule has 0 atom stereocenters. The minimum atomic E-state index is -0.129. The van der Waals surface area contributed by atoms with E-state index in [1.807, 2.05) is 6.07 Å². The second kappa shape index (κ2) is 5.64. The van der Waals surface area contributed by atoms with Gasteiger partial charge in [0, 0.05) is 13.1 Å². The van der Waals surface area contributed by atoms with Crippen LogP contribution >= 0.6 is 0 Å². The molecule has 7 nitrogen and oxygen atoms in total. The maximum absolute atomic E-state index is 12.3. The van der Waals surface area contributed by atoms with Crippen molar-refractivity contribution in [1.82, 2.24) is 25.2 Å². The first-order valence-corrected chi connectivity index (χ1v) is 8.86. The molecule has 0 spiro atoms. The zero-order valence-corrected chi connectivity index (χ0v) is 14.0. The van der Waals surface area contributed by atoms with E-state index < -0.39 is 0 Å². The minimum Gasteiger partial charge on any atom is -0.377 e. The van der Waals surface area contributed by atoms with Gasteiger partial charge in [0.15, 0.2) is 5.69 Å². The summed E-state index contributed by atoms with van der Waals surface area (Å²) in [6.07, 6.45) is 4.02. The predicted octanol–water partition coefficient (Wildman–Crippen LogP) is 0.953. The number of amides is 1. The SMILES string of the molecule is O=C(NC1CN(C2(c3ccccc3)COC2)C1)c1cn(C2CC2)nn1. The molecule has 2 aliphatic heterocycles. The number of hydrogen-bond acceptors (Lipinski definition) is 5. The summed E-state index contributed by atoms with van der Waals surface area (Å²) in [6, 6.07) is 11.1. The fraction of sp³-hybridized carbons (Fsp3) is 0.500. The fourth-order valence-electron chi connectivity index (χ4n) is 3.65. The Morgan fingerprint density at radius 3 is 2.60 bits per heavy atom. The second-order valence-electron chi connectivity index (χ2n) is 7.28. The van der Waals surface area contributed by atoms with Gasteiger partial charge in [-0.15, -0.1) is 5.10 Å². The summed E-state index contributed by atoms with van der Waals surface area (Å²) in [6.45, 7) is 3.10. The largest absolute Gasteiger partial charge is 0.377 e. The van der Waals surface area contributed by atoms with Crippen molar-refractivity contribution in [3.8, 4) is 0 Å². The average Bonchev–Trinajstić information content (AvgIpc) is 3.29. The summed E-state index contributed by atoms with van der Waals surface area (Å²) in [5.41, 5.74) is 1.67. The highest BCUT2D eigenvalue weighted by molar-refractivity contribution is 5.92. The number of hydrogen-bond donors (Lipinski definition) is 1. The van der Waals surface area contributed by atoms with E-state index >= 15 is 0 Å². The molecule has 25 heavy (non-hydrogen) atoms. The third-order valence-corrected chi connectivity index (χ3v) is 5.48. The molecule has 1 N–H and O–H groups in total. The van der Waals surface area contributed by atoms with Crippen LogP contribution in [0, 0.1) is 0 Å². The molecule has 1 aliphatic carbocycles. The van der Waals surface area contributed by atoms with Crippen LogP contribution in [0.1, 0.15) is 34.9 Å². The monoisotopic (exact) mass is 339 g/mol. The van der Waals surface area contributed by atoms with Crippen molar-refractivity contribution in [2.45, 2.75) is 30.5 Å². The number of ether oxygens (including phenoxy) is 1. The van der Waals surface area contributed by atoms with Crippen LogP contribution in [0.15, 0.2) is 36.5 Å². The van der Waals surface area contributed by atoms with E-state index in [0.29, 0.717) is 24.9 Å². The molecular formula is C18H21N5O2. The van der Waals surface area contributed by atoms with Crippen LogP contribution < -0.4 is 5.32 Å². The van der Waals surface area contributed by atoms with Gasteiger partial charge in [-0.2, -0.15) is 0 Å². The first-order valence-electron chi connectivity index (χ1n) is 8.86. The van der Waals surface area contributed by atoms with Crippen LogP contribution in [0.25, 0.3) is 0 Å². The van der Waals surface area contributed by atoms with E-state index in [-0.39, 0.29) is 17.5 Å². The van der Waals surface area contributed by atoms with E-state index in [4.69, 9.17) is 4.74 Å². The zero-order valence-electron chi connectivity index (χ0n) is 14.0. The van der Waals surface area contributed by atoms with Gasteiger partial charge in [0.2, 0.25) is 0 Å². The van der Waals surface area contributed by atoms with Gasteiger partial charge in [0.05, 0.1) is 37.0 Å². The van der Waals surface area contributed by atoms with Crippen molar-refractivity contribution in [3.63, 3.8) is 0 Å². The molecule has 1 saturated carbocycles. The quantitative estimate of drug-likeness (QED) is 0.878. The molecule has 3 aliphatic rings. The summed E-state index contributed by atoms with van der Waals surface area (Å²) < 4.78 is 7.32. The Hall–Kier alpha value is -2.25. The molecule has 3 heterocycles. The zero-order chi connectivity index (χ0) is 16.9. The molecule has 5 rings (SSSR count). The third-order valence-electron chi connectivity index (χ3n) is 5.48. The smallest absolute Gasteiger partial charge is 0.273 e. The van der Waals surface area contributed by atoms with Gasteiger partial charge in [0.25, 0.3) is 5.91 Å². The van der Waals surface area contributed by atoms with E-state index in [9.17, 15) is 4.79 Å². The summed E-state index contributed by atoms with van der Waals surface area (Å²) >= 11 is 0. The number of nitrogens with zero attached hydrogens (tertiary/aromatic N) is 4. The van der Waals surface area contributed by atoms with Crippen LogP contribution in [0.2, 0.25) is 0 Å². The van der Waals surface area contributed by atoms with Gasteiger partial charge in [0.1, 0.15) is 0 Å². The number of likely N-dealkylation sites (tertiary alicyclic amines) is 1. The Balaban J connectivity index is 1.20. The van der Waals surface area contributed by atoms with Crippen molar-refractivity contribution in [2.75, 3.05) is 26.3 Å². The summed E-state index contributed by atoms with van der Waals surface area (Å²) in [5.74, 6) is -0.129. The lowest BCUT2D eigenvalue weighted by atomic mass is 9.83. The first-order chi connectivity index (χ1) is 12.2. The number of nitrogens with one attached hydrogen (secondary N) is 1. The van der Waals surface area contributed by atoms with Gasteiger partial charge in [-0.1, -0.05) is 35.5 Å². The number of benzene rings is 1. The van der Waals surface area contributed by atoms with Crippen LogP contribution in [0.3, 0.4) is 0 Å². The maximum atomic E-state index is 12.3.